The van der Waals surface area contributed by atoms with Gasteiger partial charge in [-0.05, 0) is 47.4 Å². The molecule has 0 bridgehead atoms. The third-order valence-electron chi connectivity index (χ3n) is 5.51. The van der Waals surface area contributed by atoms with Crippen molar-refractivity contribution in [1.29, 1.82) is 0 Å². The van der Waals surface area contributed by atoms with Gasteiger partial charge in [-0.2, -0.15) is 0 Å². The van der Waals surface area contributed by atoms with Crippen molar-refractivity contribution in [2.75, 3.05) is 28.4 Å². The fourth-order valence-electron chi connectivity index (χ4n) is 3.56. The number of halogens is 1. The Balaban J connectivity index is 1.99. The number of benzene rings is 2. The van der Waals surface area contributed by atoms with Gasteiger partial charge in [0.05, 0.1) is 41.7 Å². The zero-order valence-corrected chi connectivity index (χ0v) is 22.6. The van der Waals surface area contributed by atoms with Crippen molar-refractivity contribution >= 4 is 38.7 Å². The summed E-state index contributed by atoms with van der Waals surface area (Å²) in [6, 6.07) is 10.6. The number of sulfonamides is 1. The summed E-state index contributed by atoms with van der Waals surface area (Å²) < 4.78 is 46.5. The predicted molar refractivity (Wildman–Crippen MR) is 146 cm³/mol. The number of anilines is 3. The number of aromatic nitrogens is 1. The van der Waals surface area contributed by atoms with Gasteiger partial charge in [0.15, 0.2) is 18.1 Å². The number of aromatic amines is 1. The Labute approximate surface area is 221 Å². The molecule has 0 saturated carbocycles. The first-order valence-corrected chi connectivity index (χ1v) is 13.4. The molecule has 0 aliphatic carbocycles. The summed E-state index contributed by atoms with van der Waals surface area (Å²) in [5.41, 5.74) is 7.76. The summed E-state index contributed by atoms with van der Waals surface area (Å²) in [5.74, 6) is 4.92. The van der Waals surface area contributed by atoms with E-state index in [0.717, 1.165) is 22.9 Å². The molecule has 1 amide bonds. The molecule has 1 heterocycles. The maximum absolute atomic E-state index is 14.7. The summed E-state index contributed by atoms with van der Waals surface area (Å²) >= 11 is 0. The van der Waals surface area contributed by atoms with Crippen LogP contribution in [-0.4, -0.2) is 27.7 Å². The number of pyridine rings is 1. The SMILES string of the molecule is COc1c(NC(=O)c2ccc(F)c(N(N)C=C(N)c3ccc[nH+]c3)c2)cc(C(C)(C)C)cc1NS(C)(=O)=O. The van der Waals surface area contributed by atoms with Crippen molar-refractivity contribution in [2.45, 2.75) is 26.2 Å². The number of carbonyl (C=O) groups is 1. The molecule has 0 aliphatic rings. The zero-order valence-electron chi connectivity index (χ0n) is 21.8. The minimum Gasteiger partial charge on any atom is -0.492 e. The Hall–Kier alpha value is -4.16. The van der Waals surface area contributed by atoms with Crippen molar-refractivity contribution in [3.05, 3.63) is 83.6 Å². The Bertz CT molecular complexity index is 1470. The van der Waals surface area contributed by atoms with Gasteiger partial charge in [0.25, 0.3) is 5.91 Å². The number of H-pyrrole nitrogens is 1. The van der Waals surface area contributed by atoms with Crippen LogP contribution in [0.2, 0.25) is 0 Å². The molecule has 7 N–H and O–H groups in total. The second-order valence-electron chi connectivity index (χ2n) is 9.63. The molecule has 12 heteroatoms. The van der Waals surface area contributed by atoms with E-state index in [1.165, 1.54) is 25.4 Å². The third kappa shape index (κ3) is 6.99. The fraction of sp³-hybridized carbons (Fsp3) is 0.231. The molecule has 0 saturated heterocycles. The number of hydrogen-bond acceptors (Lipinski definition) is 7. The van der Waals surface area contributed by atoms with E-state index >= 15 is 0 Å². The first kappa shape index (κ1) is 28.4. The molecule has 0 radical (unpaired) electrons. The van der Waals surface area contributed by atoms with Crippen molar-refractivity contribution in [3.63, 3.8) is 0 Å². The number of carbonyl (C=O) groups excluding carboxylic acids is 1. The summed E-state index contributed by atoms with van der Waals surface area (Å²) in [4.78, 5) is 16.1. The van der Waals surface area contributed by atoms with Crippen LogP contribution in [0.5, 0.6) is 5.75 Å². The van der Waals surface area contributed by atoms with Crippen molar-refractivity contribution in [2.24, 2.45) is 11.6 Å². The number of ether oxygens (including phenoxy) is 1. The molecule has 3 aromatic rings. The average molecular weight is 544 g/mol. The monoisotopic (exact) mass is 543 g/mol. The predicted octanol–water partition coefficient (Wildman–Crippen LogP) is 3.21. The van der Waals surface area contributed by atoms with Gasteiger partial charge < -0.3 is 15.8 Å². The molecule has 0 unspecified atom stereocenters. The number of rotatable bonds is 8. The number of hydrogen-bond donors (Lipinski definition) is 4. The molecule has 202 valence electrons. The first-order valence-electron chi connectivity index (χ1n) is 11.5. The Morgan fingerprint density at radius 1 is 1.13 bits per heavy atom. The van der Waals surface area contributed by atoms with Crippen LogP contribution < -0.4 is 36.3 Å². The first-order chi connectivity index (χ1) is 17.7. The van der Waals surface area contributed by atoms with E-state index in [1.54, 1.807) is 36.7 Å². The number of nitrogens with one attached hydrogen (secondary N) is 3. The van der Waals surface area contributed by atoms with Crippen LogP contribution in [-0.2, 0) is 15.4 Å². The van der Waals surface area contributed by atoms with E-state index in [1.807, 2.05) is 20.8 Å². The van der Waals surface area contributed by atoms with Crippen LogP contribution in [0, 0.1) is 5.82 Å². The maximum Gasteiger partial charge on any atom is 0.255 e. The third-order valence-corrected chi connectivity index (χ3v) is 6.10. The maximum atomic E-state index is 14.7. The molecule has 0 fully saturated rings. The highest BCUT2D eigenvalue weighted by Gasteiger charge is 2.23. The van der Waals surface area contributed by atoms with Gasteiger partial charge in [0, 0.05) is 17.8 Å². The highest BCUT2D eigenvalue weighted by Crippen LogP contribution is 2.39. The number of amides is 1. The minimum atomic E-state index is -3.64. The van der Waals surface area contributed by atoms with Gasteiger partial charge in [-0.1, -0.05) is 20.8 Å². The number of methoxy groups -OCH3 is 1. The molecule has 0 aliphatic heterocycles. The van der Waals surface area contributed by atoms with Gasteiger partial charge in [0.1, 0.15) is 5.82 Å². The second-order valence-corrected chi connectivity index (χ2v) is 11.4. The lowest BCUT2D eigenvalue weighted by Gasteiger charge is -2.24. The summed E-state index contributed by atoms with van der Waals surface area (Å²) in [6.07, 6.45) is 5.73. The Morgan fingerprint density at radius 3 is 2.39 bits per heavy atom. The van der Waals surface area contributed by atoms with E-state index in [0.29, 0.717) is 5.56 Å². The van der Waals surface area contributed by atoms with Crippen LogP contribution in [0.1, 0.15) is 42.3 Å². The zero-order chi connectivity index (χ0) is 28.3. The smallest absolute Gasteiger partial charge is 0.255 e. The van der Waals surface area contributed by atoms with Crippen LogP contribution >= 0.6 is 0 Å². The number of nitrogens with zero attached hydrogens (tertiary/aromatic N) is 1. The van der Waals surface area contributed by atoms with Crippen molar-refractivity contribution in [1.82, 2.24) is 0 Å². The molecular formula is C26H32FN6O4S+. The minimum absolute atomic E-state index is 0.0876. The second kappa shape index (κ2) is 11.1. The van der Waals surface area contributed by atoms with Gasteiger partial charge >= 0.3 is 0 Å². The molecule has 10 nitrogen and oxygen atoms in total. The van der Waals surface area contributed by atoms with Gasteiger partial charge in [-0.15, -0.1) is 0 Å². The van der Waals surface area contributed by atoms with Gasteiger partial charge in [0.2, 0.25) is 10.0 Å². The van der Waals surface area contributed by atoms with E-state index in [9.17, 15) is 17.6 Å². The number of nitrogens with two attached hydrogens (primary N) is 2. The molecule has 2 aromatic carbocycles. The lowest BCUT2D eigenvalue weighted by atomic mass is 9.86. The lowest BCUT2D eigenvalue weighted by molar-refractivity contribution is -0.378. The molecule has 38 heavy (non-hydrogen) atoms. The Kier molecular flexibility index (Phi) is 8.28. The van der Waals surface area contributed by atoms with Crippen LogP contribution in [0.4, 0.5) is 21.5 Å². The van der Waals surface area contributed by atoms with Crippen LogP contribution in [0.3, 0.4) is 0 Å². The van der Waals surface area contributed by atoms with E-state index in [2.05, 4.69) is 15.0 Å². The summed E-state index contributed by atoms with van der Waals surface area (Å²) in [6.45, 7) is 5.83. The topological polar surface area (TPSA) is 154 Å². The summed E-state index contributed by atoms with van der Waals surface area (Å²) in [5, 5.41) is 3.73. The summed E-state index contributed by atoms with van der Waals surface area (Å²) in [7, 11) is -2.28. The molecule has 0 atom stereocenters. The van der Waals surface area contributed by atoms with Gasteiger partial charge in [-0.3, -0.25) is 14.5 Å². The molecule has 1 aromatic heterocycles. The van der Waals surface area contributed by atoms with Crippen molar-refractivity contribution < 1.29 is 27.3 Å². The lowest BCUT2D eigenvalue weighted by Crippen LogP contribution is -2.27. The Morgan fingerprint density at radius 2 is 1.82 bits per heavy atom. The van der Waals surface area contributed by atoms with Gasteiger partial charge in [-0.25, -0.2) is 23.6 Å². The van der Waals surface area contributed by atoms with Crippen LogP contribution in [0.25, 0.3) is 5.70 Å². The largest absolute Gasteiger partial charge is 0.492 e. The van der Waals surface area contributed by atoms with E-state index in [-0.39, 0.29) is 39.5 Å². The quantitative estimate of drug-likeness (QED) is 0.251. The van der Waals surface area contributed by atoms with Crippen LogP contribution in [0.15, 0.2) is 61.1 Å². The standard InChI is InChI=1S/C26H31FN6O4S/c1-26(2,3)18-12-21(24(37-4)22(13-18)32-38(5,35)36)31-25(34)16-8-9-19(27)23(11-16)33(29)15-20(28)17-7-6-10-30-14-17/h6-15,32H,28-29H2,1-5H3,(H,31,34)/p+1. The van der Waals surface area contributed by atoms with E-state index in [4.69, 9.17) is 16.3 Å². The highest BCUT2D eigenvalue weighted by atomic mass is 32.2. The molecule has 0 spiro atoms. The fourth-order valence-corrected chi connectivity index (χ4v) is 4.11. The van der Waals surface area contributed by atoms with Crippen molar-refractivity contribution in [3.8, 4) is 5.75 Å². The molecule has 3 rings (SSSR count). The molecular weight excluding hydrogens is 511 g/mol. The van der Waals surface area contributed by atoms with E-state index < -0.39 is 21.7 Å². The number of hydrazine groups is 1. The highest BCUT2D eigenvalue weighted by molar-refractivity contribution is 7.92. The normalized spacial score (nSPS) is 12.1. The average Bonchev–Trinajstić information content (AvgIpc) is 2.83.